The van der Waals surface area contributed by atoms with Crippen LogP contribution < -0.4 is 14.7 Å². The van der Waals surface area contributed by atoms with Gasteiger partial charge in [0.15, 0.2) is 11.5 Å². The fourth-order valence-electron chi connectivity index (χ4n) is 4.51. The number of nitrogens with two attached hydrogens (primary N) is 1. The Morgan fingerprint density at radius 3 is 2.57 bits per heavy atom. The summed E-state index contributed by atoms with van der Waals surface area (Å²) in [5.74, 6) is 0.998. The minimum Gasteiger partial charge on any atom is -0.493 e. The molecule has 2 heterocycles. The van der Waals surface area contributed by atoms with Gasteiger partial charge in [-0.05, 0) is 41.7 Å². The van der Waals surface area contributed by atoms with Gasteiger partial charge in [-0.25, -0.2) is 0 Å². The van der Waals surface area contributed by atoms with Gasteiger partial charge in [0.2, 0.25) is 0 Å². The van der Waals surface area contributed by atoms with Crippen molar-refractivity contribution in [2.24, 2.45) is 5.73 Å². The second-order valence-electron chi connectivity index (χ2n) is 7.67. The summed E-state index contributed by atoms with van der Waals surface area (Å²) in [5, 5.41) is 0. The monoisotopic (exact) mass is 402 g/mol. The van der Waals surface area contributed by atoms with E-state index in [-0.39, 0.29) is 17.8 Å². The highest BCUT2D eigenvalue weighted by Gasteiger charge is 2.38. The molecule has 3 atom stereocenters. The number of methoxy groups -OCH3 is 1. The number of nitrogens with zero attached hydrogens (tertiary/aromatic N) is 1. The minimum atomic E-state index is -3.62. The first-order chi connectivity index (χ1) is 13.4. The molecule has 0 bridgehead atoms. The Balaban J connectivity index is 1.65. The van der Waals surface area contributed by atoms with Crippen LogP contribution in [-0.4, -0.2) is 45.8 Å². The van der Waals surface area contributed by atoms with Crippen LogP contribution in [-0.2, 0) is 16.5 Å². The van der Waals surface area contributed by atoms with Crippen LogP contribution in [0.15, 0.2) is 42.5 Å². The lowest BCUT2D eigenvalue weighted by atomic mass is 9.78. The number of rotatable bonds is 4. The molecule has 150 valence electrons. The van der Waals surface area contributed by atoms with Crippen LogP contribution in [0, 0.1) is 0 Å². The van der Waals surface area contributed by atoms with Gasteiger partial charge in [0, 0.05) is 31.1 Å². The van der Waals surface area contributed by atoms with E-state index in [2.05, 4.69) is 29.2 Å². The number of fused-ring (bicyclic) bond motifs is 3. The number of hydrogen-bond donors (Lipinski definition) is 1. The van der Waals surface area contributed by atoms with Crippen LogP contribution in [0.5, 0.6) is 11.5 Å². The molecule has 1 saturated heterocycles. The number of ether oxygens (including phenoxy) is 1. The zero-order valence-electron chi connectivity index (χ0n) is 16.2. The molecule has 0 saturated carbocycles. The fraction of sp³-hybridized carbons (Fsp3) is 0.429. The summed E-state index contributed by atoms with van der Waals surface area (Å²) in [6.45, 7) is 1.83. The molecule has 0 aliphatic carbocycles. The van der Waals surface area contributed by atoms with E-state index in [1.165, 1.54) is 12.7 Å². The molecule has 2 aliphatic rings. The van der Waals surface area contributed by atoms with E-state index < -0.39 is 10.1 Å². The lowest BCUT2D eigenvalue weighted by Gasteiger charge is -2.46. The highest BCUT2D eigenvalue weighted by atomic mass is 32.2. The third-order valence-electron chi connectivity index (χ3n) is 5.81. The summed E-state index contributed by atoms with van der Waals surface area (Å²) in [6.07, 6.45) is 2.73. The van der Waals surface area contributed by atoms with Crippen molar-refractivity contribution in [1.29, 1.82) is 0 Å². The van der Waals surface area contributed by atoms with Crippen molar-refractivity contribution in [3.05, 3.63) is 59.2 Å². The average molecular weight is 403 g/mol. The Hall–Kier alpha value is -2.09. The van der Waals surface area contributed by atoms with Crippen molar-refractivity contribution in [1.82, 2.24) is 4.90 Å². The minimum absolute atomic E-state index is 0.0625. The van der Waals surface area contributed by atoms with Gasteiger partial charge in [-0.3, -0.25) is 4.90 Å². The van der Waals surface area contributed by atoms with E-state index in [9.17, 15) is 8.42 Å². The van der Waals surface area contributed by atoms with Gasteiger partial charge >= 0.3 is 10.1 Å². The molecule has 2 N–H and O–H groups in total. The molecule has 2 aromatic rings. The Morgan fingerprint density at radius 2 is 1.89 bits per heavy atom. The normalized spacial score (nSPS) is 24.9. The largest absolute Gasteiger partial charge is 0.493 e. The maximum Gasteiger partial charge on any atom is 0.306 e. The molecule has 28 heavy (non-hydrogen) atoms. The SMILES string of the molecule is COc1cc2c(cc1OS(C)(=O)=O)CCN1C[C@@H](c3ccccc3)[C@H](N)C[C@H]21. The Labute approximate surface area is 166 Å². The van der Waals surface area contributed by atoms with E-state index >= 15 is 0 Å². The molecule has 0 radical (unpaired) electrons. The van der Waals surface area contributed by atoms with E-state index in [0.29, 0.717) is 11.7 Å². The quantitative estimate of drug-likeness (QED) is 0.791. The zero-order chi connectivity index (χ0) is 19.9. The van der Waals surface area contributed by atoms with Gasteiger partial charge < -0.3 is 14.7 Å². The van der Waals surface area contributed by atoms with E-state index in [4.69, 9.17) is 14.7 Å². The predicted octanol–water partition coefficient (Wildman–Crippen LogP) is 2.45. The van der Waals surface area contributed by atoms with Crippen molar-refractivity contribution >= 4 is 10.1 Å². The first-order valence-corrected chi connectivity index (χ1v) is 11.3. The third kappa shape index (κ3) is 3.74. The van der Waals surface area contributed by atoms with Crippen LogP contribution in [0.3, 0.4) is 0 Å². The van der Waals surface area contributed by atoms with E-state index in [1.807, 2.05) is 12.1 Å². The molecule has 0 amide bonds. The molecule has 0 unspecified atom stereocenters. The number of hydrogen-bond acceptors (Lipinski definition) is 6. The third-order valence-corrected chi connectivity index (χ3v) is 6.29. The highest BCUT2D eigenvalue weighted by Crippen LogP contribution is 2.44. The summed E-state index contributed by atoms with van der Waals surface area (Å²) in [6, 6.07) is 14.5. The van der Waals surface area contributed by atoms with Crippen LogP contribution in [0.1, 0.15) is 35.1 Å². The van der Waals surface area contributed by atoms with Crippen molar-refractivity contribution < 1.29 is 17.3 Å². The van der Waals surface area contributed by atoms with Crippen molar-refractivity contribution in [2.45, 2.75) is 30.8 Å². The average Bonchev–Trinajstić information content (AvgIpc) is 2.66. The summed E-state index contributed by atoms with van der Waals surface area (Å²) in [4.78, 5) is 2.49. The molecule has 0 aromatic heterocycles. The fourth-order valence-corrected chi connectivity index (χ4v) is 4.96. The second-order valence-corrected chi connectivity index (χ2v) is 9.24. The highest BCUT2D eigenvalue weighted by molar-refractivity contribution is 7.86. The molecule has 1 fully saturated rings. The number of piperidine rings is 1. The molecule has 6 nitrogen and oxygen atoms in total. The maximum absolute atomic E-state index is 11.6. The molecule has 0 spiro atoms. The summed E-state index contributed by atoms with van der Waals surface area (Å²) >= 11 is 0. The van der Waals surface area contributed by atoms with Gasteiger partial charge in [0.1, 0.15) is 0 Å². The van der Waals surface area contributed by atoms with Gasteiger partial charge in [0.25, 0.3) is 0 Å². The van der Waals surface area contributed by atoms with Crippen molar-refractivity contribution in [3.63, 3.8) is 0 Å². The standard InChI is InChI=1S/C21H26N2O4S/c1-26-20-11-16-15(10-21(20)27-28(2,24)25)8-9-23-13-17(18(22)12-19(16)23)14-6-4-3-5-7-14/h3-7,10-11,17-19H,8-9,12-13,22H2,1-2H3/t17-,18+,19+/m0/s1. The van der Waals surface area contributed by atoms with Crippen LogP contribution >= 0.6 is 0 Å². The van der Waals surface area contributed by atoms with Crippen molar-refractivity contribution in [3.8, 4) is 11.5 Å². The summed E-state index contributed by atoms with van der Waals surface area (Å²) < 4.78 is 33.7. The molecule has 2 aromatic carbocycles. The Kier molecular flexibility index (Phi) is 5.07. The van der Waals surface area contributed by atoms with E-state index in [0.717, 1.165) is 43.3 Å². The molecule has 4 rings (SSSR count). The Bertz CT molecular complexity index is 962. The first kappa shape index (κ1) is 19.2. The summed E-state index contributed by atoms with van der Waals surface area (Å²) in [5.41, 5.74) is 10.1. The van der Waals surface area contributed by atoms with Gasteiger partial charge in [-0.15, -0.1) is 0 Å². The maximum atomic E-state index is 11.6. The lowest BCUT2D eigenvalue weighted by molar-refractivity contribution is 0.109. The van der Waals surface area contributed by atoms with Crippen LogP contribution in [0.2, 0.25) is 0 Å². The smallest absolute Gasteiger partial charge is 0.306 e. The Morgan fingerprint density at radius 1 is 1.14 bits per heavy atom. The summed E-state index contributed by atoms with van der Waals surface area (Å²) in [7, 11) is -2.09. The first-order valence-electron chi connectivity index (χ1n) is 9.50. The number of benzene rings is 2. The predicted molar refractivity (Wildman–Crippen MR) is 108 cm³/mol. The zero-order valence-corrected chi connectivity index (χ0v) is 17.0. The van der Waals surface area contributed by atoms with Gasteiger partial charge in [-0.2, -0.15) is 8.42 Å². The van der Waals surface area contributed by atoms with Gasteiger partial charge in [-0.1, -0.05) is 30.3 Å². The van der Waals surface area contributed by atoms with Gasteiger partial charge in [0.05, 0.1) is 13.4 Å². The van der Waals surface area contributed by atoms with Crippen LogP contribution in [0.25, 0.3) is 0 Å². The molecular formula is C21H26N2O4S. The second kappa shape index (κ2) is 7.39. The molecule has 7 heteroatoms. The van der Waals surface area contributed by atoms with Crippen LogP contribution in [0.4, 0.5) is 0 Å². The topological polar surface area (TPSA) is 81.9 Å². The van der Waals surface area contributed by atoms with Crippen molar-refractivity contribution in [2.75, 3.05) is 26.5 Å². The molecular weight excluding hydrogens is 376 g/mol. The lowest BCUT2D eigenvalue weighted by Crippen LogP contribution is -2.49. The molecule has 2 aliphatic heterocycles. The van der Waals surface area contributed by atoms with E-state index in [1.54, 1.807) is 6.07 Å².